The van der Waals surface area contributed by atoms with Crippen molar-refractivity contribution in [3.05, 3.63) is 0 Å². The van der Waals surface area contributed by atoms with Crippen molar-refractivity contribution in [3.63, 3.8) is 0 Å². The third-order valence-corrected chi connectivity index (χ3v) is 4.18. The summed E-state index contributed by atoms with van der Waals surface area (Å²) in [6.07, 6.45) is 5.28. The zero-order valence-corrected chi connectivity index (χ0v) is 11.8. The molecule has 0 spiro atoms. The Morgan fingerprint density at radius 3 is 2.31 bits per heavy atom. The molecule has 0 aromatic heterocycles. The van der Waals surface area contributed by atoms with Gasteiger partial charge in [0.15, 0.2) is 0 Å². The van der Waals surface area contributed by atoms with Crippen molar-refractivity contribution in [3.8, 4) is 0 Å². The Morgan fingerprint density at radius 2 is 1.75 bits per heavy atom. The van der Waals surface area contributed by atoms with Crippen molar-refractivity contribution in [2.24, 2.45) is 0 Å². The molecule has 3 heteroatoms. The fourth-order valence-corrected chi connectivity index (χ4v) is 3.28. The topological polar surface area (TPSA) is 15.3 Å². The third-order valence-electron chi connectivity index (χ3n) is 3.24. The zero-order chi connectivity index (χ0) is 11.6. The van der Waals surface area contributed by atoms with Crippen molar-refractivity contribution in [1.29, 1.82) is 0 Å². The lowest BCUT2D eigenvalue weighted by atomic mass is 10.1. The van der Waals surface area contributed by atoms with Crippen LogP contribution in [0.25, 0.3) is 0 Å². The highest BCUT2D eigenvalue weighted by atomic mass is 32.2. The molecule has 1 N–H and O–H groups in total. The maximum Gasteiger partial charge on any atom is 0.0108 e. The first kappa shape index (κ1) is 14.3. The minimum atomic E-state index is 0.758. The zero-order valence-electron chi connectivity index (χ0n) is 11.0. The molecule has 96 valence electrons. The van der Waals surface area contributed by atoms with Gasteiger partial charge in [0, 0.05) is 43.7 Å². The van der Waals surface area contributed by atoms with Crippen molar-refractivity contribution >= 4 is 11.8 Å². The Kier molecular flexibility index (Phi) is 8.34. The molecule has 0 radical (unpaired) electrons. The Hall–Kier alpha value is 0.270. The molecule has 0 saturated carbocycles. The van der Waals surface area contributed by atoms with Crippen LogP contribution in [0.15, 0.2) is 0 Å². The highest BCUT2D eigenvalue weighted by Gasteiger charge is 2.10. The molecule has 0 amide bonds. The lowest BCUT2D eigenvalue weighted by molar-refractivity contribution is 0.291. The van der Waals surface area contributed by atoms with Gasteiger partial charge in [0.2, 0.25) is 0 Å². The number of hydrogen-bond acceptors (Lipinski definition) is 3. The minimum absolute atomic E-state index is 0.758. The second-order valence-electron chi connectivity index (χ2n) is 4.68. The Bertz CT molecular complexity index is 152. The van der Waals surface area contributed by atoms with Crippen LogP contribution >= 0.6 is 11.8 Å². The average Bonchev–Trinajstić information content (AvgIpc) is 2.31. The number of nitrogens with zero attached hydrogens (tertiary/aromatic N) is 1. The van der Waals surface area contributed by atoms with Crippen LogP contribution in [0.2, 0.25) is 0 Å². The second-order valence-corrected chi connectivity index (χ2v) is 5.91. The lowest BCUT2D eigenvalue weighted by Gasteiger charge is -2.27. The average molecular weight is 244 g/mol. The van der Waals surface area contributed by atoms with E-state index in [2.05, 4.69) is 35.8 Å². The fourth-order valence-electron chi connectivity index (χ4n) is 2.30. The van der Waals surface area contributed by atoms with Gasteiger partial charge in [-0.1, -0.05) is 26.7 Å². The molecule has 0 atom stereocenters. The molecule has 0 aliphatic carbocycles. The molecule has 0 aromatic carbocycles. The molecule has 0 aromatic rings. The summed E-state index contributed by atoms with van der Waals surface area (Å²) in [5.41, 5.74) is 0. The van der Waals surface area contributed by atoms with Crippen LogP contribution in [-0.4, -0.2) is 48.6 Å². The molecule has 16 heavy (non-hydrogen) atoms. The molecule has 1 heterocycles. The summed E-state index contributed by atoms with van der Waals surface area (Å²) in [7, 11) is 0. The second kappa shape index (κ2) is 9.32. The van der Waals surface area contributed by atoms with Gasteiger partial charge in [-0.05, 0) is 12.8 Å². The number of nitrogens with one attached hydrogen (secondary N) is 1. The van der Waals surface area contributed by atoms with E-state index < -0.39 is 0 Å². The van der Waals surface area contributed by atoms with E-state index in [9.17, 15) is 0 Å². The third kappa shape index (κ3) is 6.12. The van der Waals surface area contributed by atoms with Crippen LogP contribution in [-0.2, 0) is 0 Å². The van der Waals surface area contributed by atoms with Crippen LogP contribution in [0.5, 0.6) is 0 Å². The summed E-state index contributed by atoms with van der Waals surface area (Å²) < 4.78 is 0. The van der Waals surface area contributed by atoms with E-state index in [0.29, 0.717) is 0 Å². The van der Waals surface area contributed by atoms with Crippen molar-refractivity contribution in [2.45, 2.75) is 45.6 Å². The molecular formula is C13H28N2S. The fraction of sp³-hybridized carbons (Fsp3) is 1.00. The summed E-state index contributed by atoms with van der Waals surface area (Å²) >= 11 is 2.09. The maximum absolute atomic E-state index is 3.72. The molecule has 1 aliphatic rings. The molecule has 1 saturated heterocycles. The molecular weight excluding hydrogens is 216 g/mol. The first-order valence-electron chi connectivity index (χ1n) is 6.90. The van der Waals surface area contributed by atoms with E-state index in [1.165, 1.54) is 63.4 Å². The summed E-state index contributed by atoms with van der Waals surface area (Å²) in [6, 6.07) is 0.758. The standard InChI is InChI=1S/C13H28N2S/c1-3-5-13(6-4-2)14-7-8-15-9-11-16-12-10-15/h13-14H,3-12H2,1-2H3. The Balaban J connectivity index is 2.06. The van der Waals surface area contributed by atoms with Gasteiger partial charge < -0.3 is 10.2 Å². The summed E-state index contributed by atoms with van der Waals surface area (Å²) in [4.78, 5) is 2.60. The number of hydrogen-bond donors (Lipinski definition) is 1. The van der Waals surface area contributed by atoms with Crippen LogP contribution in [0.3, 0.4) is 0 Å². The van der Waals surface area contributed by atoms with Crippen LogP contribution in [0.4, 0.5) is 0 Å². The monoisotopic (exact) mass is 244 g/mol. The number of rotatable bonds is 8. The van der Waals surface area contributed by atoms with Gasteiger partial charge in [-0.25, -0.2) is 0 Å². The predicted molar refractivity (Wildman–Crippen MR) is 75.4 cm³/mol. The van der Waals surface area contributed by atoms with E-state index >= 15 is 0 Å². The van der Waals surface area contributed by atoms with Crippen LogP contribution in [0, 0.1) is 0 Å². The molecule has 0 unspecified atom stereocenters. The first-order chi connectivity index (χ1) is 7.86. The highest BCUT2D eigenvalue weighted by Crippen LogP contribution is 2.08. The van der Waals surface area contributed by atoms with Gasteiger partial charge in [-0.2, -0.15) is 11.8 Å². The van der Waals surface area contributed by atoms with Crippen LogP contribution < -0.4 is 5.32 Å². The van der Waals surface area contributed by atoms with Gasteiger partial charge in [0.05, 0.1) is 0 Å². The van der Waals surface area contributed by atoms with E-state index in [0.717, 1.165) is 6.04 Å². The van der Waals surface area contributed by atoms with Gasteiger partial charge in [-0.15, -0.1) is 0 Å². The minimum Gasteiger partial charge on any atom is -0.313 e. The Morgan fingerprint density at radius 1 is 1.12 bits per heavy atom. The van der Waals surface area contributed by atoms with E-state index in [1.54, 1.807) is 0 Å². The van der Waals surface area contributed by atoms with E-state index in [1.807, 2.05) is 0 Å². The lowest BCUT2D eigenvalue weighted by Crippen LogP contribution is -2.40. The van der Waals surface area contributed by atoms with Crippen molar-refractivity contribution < 1.29 is 0 Å². The summed E-state index contributed by atoms with van der Waals surface area (Å²) in [5, 5.41) is 3.72. The van der Waals surface area contributed by atoms with Gasteiger partial charge in [-0.3, -0.25) is 0 Å². The predicted octanol–water partition coefficient (Wildman–Crippen LogP) is 2.59. The largest absolute Gasteiger partial charge is 0.313 e. The molecule has 2 nitrogen and oxygen atoms in total. The van der Waals surface area contributed by atoms with Crippen LogP contribution in [0.1, 0.15) is 39.5 Å². The molecule has 1 fully saturated rings. The Labute approximate surface area is 106 Å². The summed E-state index contributed by atoms with van der Waals surface area (Å²) in [5.74, 6) is 2.65. The van der Waals surface area contributed by atoms with Crippen molar-refractivity contribution in [2.75, 3.05) is 37.7 Å². The SMILES string of the molecule is CCCC(CCC)NCCN1CCSCC1. The maximum atomic E-state index is 3.72. The molecule has 1 rings (SSSR count). The molecule has 0 bridgehead atoms. The smallest absolute Gasteiger partial charge is 0.0108 e. The summed E-state index contributed by atoms with van der Waals surface area (Å²) in [6.45, 7) is 9.56. The quantitative estimate of drug-likeness (QED) is 0.706. The normalized spacial score (nSPS) is 18.2. The first-order valence-corrected chi connectivity index (χ1v) is 8.05. The van der Waals surface area contributed by atoms with E-state index in [4.69, 9.17) is 0 Å². The number of thioether (sulfide) groups is 1. The van der Waals surface area contributed by atoms with Crippen molar-refractivity contribution in [1.82, 2.24) is 10.2 Å². The van der Waals surface area contributed by atoms with E-state index in [-0.39, 0.29) is 0 Å². The molecule has 1 aliphatic heterocycles. The van der Waals surface area contributed by atoms with Gasteiger partial charge in [0.1, 0.15) is 0 Å². The highest BCUT2D eigenvalue weighted by molar-refractivity contribution is 7.99. The van der Waals surface area contributed by atoms with Gasteiger partial charge in [0.25, 0.3) is 0 Å². The van der Waals surface area contributed by atoms with Gasteiger partial charge >= 0.3 is 0 Å².